The summed E-state index contributed by atoms with van der Waals surface area (Å²) in [4.78, 5) is 9.72. The van der Waals surface area contributed by atoms with Crippen LogP contribution in [0.15, 0.2) is 24.5 Å². The fourth-order valence-electron chi connectivity index (χ4n) is 1.76. The van der Waals surface area contributed by atoms with Gasteiger partial charge in [0.25, 0.3) is 0 Å². The van der Waals surface area contributed by atoms with Crippen LogP contribution in [0.25, 0.3) is 0 Å². The molecule has 0 fully saturated rings. The highest BCUT2D eigenvalue weighted by Gasteiger charge is 2.18. The Morgan fingerprint density at radius 3 is 2.70 bits per heavy atom. The first-order chi connectivity index (χ1) is 9.47. The lowest BCUT2D eigenvalue weighted by Crippen LogP contribution is -2.14. The molecule has 0 saturated heterocycles. The maximum atomic E-state index is 13.5. The second-order valence-electron chi connectivity index (χ2n) is 4.28. The van der Waals surface area contributed by atoms with E-state index in [-0.39, 0.29) is 12.1 Å². The van der Waals surface area contributed by atoms with Crippen molar-refractivity contribution in [2.75, 3.05) is 0 Å². The second kappa shape index (κ2) is 5.74. The minimum atomic E-state index is -1.18. The van der Waals surface area contributed by atoms with Crippen LogP contribution in [-0.4, -0.2) is 14.7 Å². The van der Waals surface area contributed by atoms with Gasteiger partial charge in [0.2, 0.25) is 5.82 Å². The lowest BCUT2D eigenvalue weighted by molar-refractivity contribution is -0.387. The van der Waals surface area contributed by atoms with Gasteiger partial charge in [0.15, 0.2) is 0 Å². The highest BCUT2D eigenvalue weighted by atomic mass is 19.1. The van der Waals surface area contributed by atoms with Crippen molar-refractivity contribution in [2.45, 2.75) is 13.1 Å². The average molecular weight is 282 g/mol. The Bertz CT molecular complexity index is 642. The molecule has 0 radical (unpaired) electrons. The van der Waals surface area contributed by atoms with E-state index >= 15 is 0 Å². The molecule has 0 aliphatic carbocycles. The summed E-state index contributed by atoms with van der Waals surface area (Å²) in [6.07, 6.45) is 3.44. The van der Waals surface area contributed by atoms with Crippen molar-refractivity contribution >= 4 is 5.69 Å². The van der Waals surface area contributed by atoms with Crippen LogP contribution in [0.2, 0.25) is 0 Å². The van der Waals surface area contributed by atoms with Crippen molar-refractivity contribution in [2.24, 2.45) is 7.05 Å². The topological polar surface area (TPSA) is 73.0 Å². The number of aromatic nitrogens is 2. The molecule has 1 N–H and O–H groups in total. The highest BCUT2D eigenvalue weighted by Crippen LogP contribution is 2.21. The predicted molar refractivity (Wildman–Crippen MR) is 66.8 cm³/mol. The largest absolute Gasteiger partial charge is 0.308 e. The quantitative estimate of drug-likeness (QED) is 0.671. The summed E-state index contributed by atoms with van der Waals surface area (Å²) in [5.74, 6) is -1.99. The van der Waals surface area contributed by atoms with Crippen LogP contribution in [0.3, 0.4) is 0 Å². The molecule has 2 aromatic rings. The predicted octanol–water partition coefficient (Wildman–Crippen LogP) is 1.90. The van der Waals surface area contributed by atoms with Crippen molar-refractivity contribution in [1.82, 2.24) is 15.1 Å². The van der Waals surface area contributed by atoms with E-state index in [1.54, 1.807) is 24.1 Å². The summed E-state index contributed by atoms with van der Waals surface area (Å²) in [5.41, 5.74) is 0.205. The normalized spacial score (nSPS) is 10.8. The molecular weight excluding hydrogens is 270 g/mol. The van der Waals surface area contributed by atoms with Crippen molar-refractivity contribution in [3.05, 3.63) is 57.4 Å². The van der Waals surface area contributed by atoms with Crippen LogP contribution in [-0.2, 0) is 20.1 Å². The SMILES string of the molecule is Cn1cc(CNCc2cc([N+](=O)[O-])c(F)cc2F)cn1. The molecule has 1 aromatic heterocycles. The minimum Gasteiger partial charge on any atom is -0.308 e. The first kappa shape index (κ1) is 14.1. The molecule has 0 spiro atoms. The molecule has 2 rings (SSSR count). The van der Waals surface area contributed by atoms with E-state index in [0.717, 1.165) is 11.6 Å². The van der Waals surface area contributed by atoms with E-state index in [2.05, 4.69) is 10.4 Å². The Morgan fingerprint density at radius 1 is 1.35 bits per heavy atom. The second-order valence-corrected chi connectivity index (χ2v) is 4.28. The molecule has 106 valence electrons. The molecule has 1 aromatic carbocycles. The monoisotopic (exact) mass is 282 g/mol. The first-order valence-electron chi connectivity index (χ1n) is 5.78. The van der Waals surface area contributed by atoms with Crippen LogP contribution in [0.5, 0.6) is 0 Å². The lowest BCUT2D eigenvalue weighted by atomic mass is 10.1. The minimum absolute atomic E-state index is 0.0435. The molecule has 1 heterocycles. The number of aryl methyl sites for hydroxylation is 1. The van der Waals surface area contributed by atoms with E-state index in [9.17, 15) is 18.9 Å². The van der Waals surface area contributed by atoms with Gasteiger partial charge in [-0.15, -0.1) is 0 Å². The van der Waals surface area contributed by atoms with Gasteiger partial charge in [0.1, 0.15) is 5.82 Å². The molecular formula is C12H12F2N4O2. The average Bonchev–Trinajstić information content (AvgIpc) is 2.77. The smallest absolute Gasteiger partial charge is 0.305 e. The number of nitro benzene ring substituents is 1. The van der Waals surface area contributed by atoms with Crippen LogP contribution in [0, 0.1) is 21.7 Å². The number of nitrogens with zero attached hydrogens (tertiary/aromatic N) is 3. The zero-order valence-electron chi connectivity index (χ0n) is 10.6. The number of nitrogens with one attached hydrogen (secondary N) is 1. The highest BCUT2D eigenvalue weighted by molar-refractivity contribution is 5.37. The van der Waals surface area contributed by atoms with Crippen molar-refractivity contribution in [1.29, 1.82) is 0 Å². The maximum Gasteiger partial charge on any atom is 0.305 e. The third-order valence-corrected chi connectivity index (χ3v) is 2.72. The Morgan fingerprint density at radius 2 is 2.10 bits per heavy atom. The molecule has 0 unspecified atom stereocenters. The summed E-state index contributed by atoms with van der Waals surface area (Å²) in [6.45, 7) is 0.486. The number of hydrogen-bond acceptors (Lipinski definition) is 4. The summed E-state index contributed by atoms with van der Waals surface area (Å²) in [6, 6.07) is 1.43. The van der Waals surface area contributed by atoms with Crippen LogP contribution < -0.4 is 5.32 Å². The lowest BCUT2D eigenvalue weighted by Gasteiger charge is -2.05. The van der Waals surface area contributed by atoms with Gasteiger partial charge in [-0.2, -0.15) is 9.49 Å². The van der Waals surface area contributed by atoms with E-state index in [1.807, 2.05) is 0 Å². The van der Waals surface area contributed by atoms with Crippen molar-refractivity contribution < 1.29 is 13.7 Å². The van der Waals surface area contributed by atoms with E-state index in [0.29, 0.717) is 12.6 Å². The van der Waals surface area contributed by atoms with Gasteiger partial charge in [-0.25, -0.2) is 4.39 Å². The number of halogens is 2. The third-order valence-electron chi connectivity index (χ3n) is 2.72. The van der Waals surface area contributed by atoms with Crippen LogP contribution in [0.4, 0.5) is 14.5 Å². The summed E-state index contributed by atoms with van der Waals surface area (Å²) in [5, 5.41) is 17.5. The maximum absolute atomic E-state index is 13.5. The number of rotatable bonds is 5. The molecule has 0 aliphatic rings. The molecule has 0 bridgehead atoms. The molecule has 0 amide bonds. The van der Waals surface area contributed by atoms with Gasteiger partial charge in [0, 0.05) is 49.6 Å². The van der Waals surface area contributed by atoms with Crippen LogP contribution in [0.1, 0.15) is 11.1 Å². The summed E-state index contributed by atoms with van der Waals surface area (Å²) >= 11 is 0. The zero-order chi connectivity index (χ0) is 14.7. The Balaban J connectivity index is 2.05. The van der Waals surface area contributed by atoms with Gasteiger partial charge in [-0.1, -0.05) is 0 Å². The molecule has 0 aliphatic heterocycles. The Hall–Kier alpha value is -2.35. The van der Waals surface area contributed by atoms with E-state index < -0.39 is 22.2 Å². The van der Waals surface area contributed by atoms with Gasteiger partial charge >= 0.3 is 5.69 Å². The molecule has 6 nitrogen and oxygen atoms in total. The number of nitro groups is 1. The molecule has 0 saturated carbocycles. The summed E-state index contributed by atoms with van der Waals surface area (Å²) in [7, 11) is 1.77. The molecule has 0 atom stereocenters. The summed E-state index contributed by atoms with van der Waals surface area (Å²) < 4.78 is 28.3. The van der Waals surface area contributed by atoms with E-state index in [4.69, 9.17) is 0 Å². The van der Waals surface area contributed by atoms with Gasteiger partial charge in [-0.05, 0) is 0 Å². The zero-order valence-corrected chi connectivity index (χ0v) is 10.6. The molecule has 20 heavy (non-hydrogen) atoms. The van der Waals surface area contributed by atoms with Gasteiger partial charge in [-0.3, -0.25) is 14.8 Å². The first-order valence-corrected chi connectivity index (χ1v) is 5.78. The standard InChI is InChI=1S/C12H12F2N4O2/c1-17-7-8(5-16-17)4-15-6-9-2-12(18(19)20)11(14)3-10(9)13/h2-3,5,7,15H,4,6H2,1H3. The van der Waals surface area contributed by atoms with Crippen molar-refractivity contribution in [3.63, 3.8) is 0 Å². The number of hydrogen-bond donors (Lipinski definition) is 1. The molecule has 8 heteroatoms. The number of benzene rings is 1. The fourth-order valence-corrected chi connectivity index (χ4v) is 1.76. The van der Waals surface area contributed by atoms with Crippen LogP contribution >= 0.6 is 0 Å². The van der Waals surface area contributed by atoms with Gasteiger partial charge < -0.3 is 5.32 Å². The fraction of sp³-hybridized carbons (Fsp3) is 0.250. The van der Waals surface area contributed by atoms with E-state index in [1.165, 1.54) is 0 Å². The Kier molecular flexibility index (Phi) is 4.04. The van der Waals surface area contributed by atoms with Crippen molar-refractivity contribution in [3.8, 4) is 0 Å². The van der Waals surface area contributed by atoms with Gasteiger partial charge in [0.05, 0.1) is 11.1 Å². The Labute approximate surface area is 113 Å². The third kappa shape index (κ3) is 3.15.